The minimum atomic E-state index is -0.227. The average molecular weight is 450 g/mol. The second-order valence-electron chi connectivity index (χ2n) is 8.66. The van der Waals surface area contributed by atoms with Crippen molar-refractivity contribution in [1.82, 2.24) is 14.7 Å². The Hall–Kier alpha value is -2.76. The molecular weight excluding hydrogens is 413 g/mol. The Morgan fingerprint density at radius 1 is 1.00 bits per heavy atom. The second kappa shape index (κ2) is 11.9. The lowest BCUT2D eigenvalue weighted by Crippen LogP contribution is -2.52. The van der Waals surface area contributed by atoms with Crippen molar-refractivity contribution >= 4 is 5.91 Å². The first-order valence-corrected chi connectivity index (χ1v) is 11.8. The predicted molar refractivity (Wildman–Crippen MR) is 133 cm³/mol. The molecule has 2 atom stereocenters. The van der Waals surface area contributed by atoms with E-state index in [1.807, 2.05) is 62.2 Å². The molecule has 2 aromatic rings. The molecule has 4 nitrogen and oxygen atoms in total. The fourth-order valence-corrected chi connectivity index (χ4v) is 4.46. The van der Waals surface area contributed by atoms with Crippen molar-refractivity contribution in [2.45, 2.75) is 32.9 Å². The van der Waals surface area contributed by atoms with E-state index in [-0.39, 0.29) is 23.8 Å². The zero-order valence-corrected chi connectivity index (χ0v) is 20.2. The molecule has 0 N–H and O–H groups in total. The van der Waals surface area contributed by atoms with Gasteiger partial charge in [0.15, 0.2) is 0 Å². The highest BCUT2D eigenvalue weighted by atomic mass is 19.1. The Bertz CT molecular complexity index is 947. The van der Waals surface area contributed by atoms with Gasteiger partial charge < -0.3 is 4.90 Å². The van der Waals surface area contributed by atoms with Gasteiger partial charge in [-0.3, -0.25) is 14.6 Å². The molecule has 0 spiro atoms. The minimum absolute atomic E-state index is 0.0461. The van der Waals surface area contributed by atoms with E-state index in [2.05, 4.69) is 41.0 Å². The normalized spacial score (nSPS) is 17.5. The van der Waals surface area contributed by atoms with Crippen LogP contribution in [0.1, 0.15) is 44.0 Å². The van der Waals surface area contributed by atoms with Crippen LogP contribution in [0, 0.1) is 5.82 Å². The molecule has 0 radical (unpaired) electrons. The molecule has 3 rings (SSSR count). The van der Waals surface area contributed by atoms with Crippen LogP contribution in [-0.2, 0) is 4.79 Å². The second-order valence-corrected chi connectivity index (χ2v) is 8.66. The monoisotopic (exact) mass is 449 g/mol. The Morgan fingerprint density at radius 3 is 2.21 bits per heavy atom. The third-order valence-corrected chi connectivity index (χ3v) is 6.55. The van der Waals surface area contributed by atoms with E-state index in [0.717, 1.165) is 18.7 Å². The maximum absolute atomic E-state index is 13.5. The summed E-state index contributed by atoms with van der Waals surface area (Å²) >= 11 is 0. The van der Waals surface area contributed by atoms with Crippen LogP contribution in [0.15, 0.2) is 78.4 Å². The molecule has 1 fully saturated rings. The van der Waals surface area contributed by atoms with Crippen molar-refractivity contribution in [3.63, 3.8) is 0 Å². The van der Waals surface area contributed by atoms with Crippen LogP contribution in [0.4, 0.5) is 4.39 Å². The molecule has 1 amide bonds. The molecule has 0 aliphatic carbocycles. The third kappa shape index (κ3) is 6.40. The number of carbonyl (C=O) groups excluding carboxylic acids is 1. The van der Waals surface area contributed by atoms with Gasteiger partial charge in [-0.05, 0) is 56.7 Å². The van der Waals surface area contributed by atoms with Crippen LogP contribution in [0.3, 0.4) is 0 Å². The first kappa shape index (κ1) is 24.9. The van der Waals surface area contributed by atoms with E-state index >= 15 is 0 Å². The average Bonchev–Trinajstić information content (AvgIpc) is 2.85. The summed E-state index contributed by atoms with van der Waals surface area (Å²) in [7, 11) is 2.01. The number of halogens is 1. The Morgan fingerprint density at radius 2 is 1.64 bits per heavy atom. The van der Waals surface area contributed by atoms with Gasteiger partial charge in [0.05, 0.1) is 12.6 Å². The number of carbonyl (C=O) groups is 1. The summed E-state index contributed by atoms with van der Waals surface area (Å²) < 4.78 is 13.5. The summed E-state index contributed by atoms with van der Waals surface area (Å²) in [6, 6.07) is 17.3. The molecule has 0 bridgehead atoms. The molecule has 1 aliphatic heterocycles. The summed E-state index contributed by atoms with van der Waals surface area (Å²) in [5, 5.41) is 0. The van der Waals surface area contributed by atoms with Crippen LogP contribution >= 0.6 is 0 Å². The third-order valence-electron chi connectivity index (χ3n) is 6.55. The molecule has 2 aromatic carbocycles. The number of amides is 1. The Labute approximate surface area is 198 Å². The van der Waals surface area contributed by atoms with Crippen LogP contribution in [0.25, 0.3) is 0 Å². The fourth-order valence-electron chi connectivity index (χ4n) is 4.46. The molecule has 0 saturated carbocycles. The van der Waals surface area contributed by atoms with Crippen LogP contribution in [-0.4, -0.2) is 60.4 Å². The van der Waals surface area contributed by atoms with E-state index in [1.165, 1.54) is 23.3 Å². The van der Waals surface area contributed by atoms with Gasteiger partial charge in [-0.25, -0.2) is 4.39 Å². The molecule has 1 saturated heterocycles. The van der Waals surface area contributed by atoms with Crippen molar-refractivity contribution in [3.05, 3.63) is 95.3 Å². The number of rotatable bonds is 8. The van der Waals surface area contributed by atoms with Crippen molar-refractivity contribution in [3.8, 4) is 0 Å². The minimum Gasteiger partial charge on any atom is -0.339 e. The summed E-state index contributed by atoms with van der Waals surface area (Å²) in [5.41, 5.74) is 3.46. The smallest absolute Gasteiger partial charge is 0.236 e. The van der Waals surface area contributed by atoms with Gasteiger partial charge in [-0.15, -0.1) is 0 Å². The quantitative estimate of drug-likeness (QED) is 0.517. The zero-order chi connectivity index (χ0) is 23.8. The topological polar surface area (TPSA) is 26.8 Å². The Balaban J connectivity index is 1.64. The van der Waals surface area contributed by atoms with E-state index in [1.54, 1.807) is 0 Å². The van der Waals surface area contributed by atoms with Crippen molar-refractivity contribution in [1.29, 1.82) is 0 Å². The lowest BCUT2D eigenvalue weighted by molar-refractivity contribution is -0.134. The number of hydrogen-bond acceptors (Lipinski definition) is 3. The van der Waals surface area contributed by atoms with Gasteiger partial charge in [-0.2, -0.15) is 0 Å². The van der Waals surface area contributed by atoms with Crippen LogP contribution < -0.4 is 0 Å². The van der Waals surface area contributed by atoms with E-state index in [9.17, 15) is 9.18 Å². The number of nitrogens with zero attached hydrogens (tertiary/aromatic N) is 3. The van der Waals surface area contributed by atoms with E-state index < -0.39 is 0 Å². The summed E-state index contributed by atoms with van der Waals surface area (Å²) in [4.78, 5) is 19.5. The molecule has 1 aliphatic rings. The van der Waals surface area contributed by atoms with Crippen molar-refractivity contribution < 1.29 is 9.18 Å². The van der Waals surface area contributed by atoms with Crippen LogP contribution in [0.2, 0.25) is 0 Å². The number of likely N-dealkylation sites (N-methyl/N-ethyl adjacent to an activating group) is 1. The molecule has 5 heteroatoms. The first-order chi connectivity index (χ1) is 15.9. The SMILES string of the molecule is C/C=C\C(=C/C)C(c1ccc(F)cc1)N1CCN(C(=O)CN(C)[C@@H](C)c2ccccc2)CC1. The molecule has 33 heavy (non-hydrogen) atoms. The standard InChI is InChI=1S/C28H36FN3O/c1-5-10-23(6-2)28(25-13-15-26(29)16-14-25)32-19-17-31(18-20-32)27(33)21-30(4)22(3)24-11-8-7-9-12-24/h5-16,22,28H,17-21H2,1-4H3/b10-5-,23-6+/t22-,28?/m0/s1. The predicted octanol–water partition coefficient (Wildman–Crippen LogP) is 5.23. The highest BCUT2D eigenvalue weighted by Crippen LogP contribution is 2.31. The summed E-state index contributed by atoms with van der Waals surface area (Å²) in [5.74, 6) is -0.0622. The molecule has 1 heterocycles. The summed E-state index contributed by atoms with van der Waals surface area (Å²) in [6.45, 7) is 9.52. The number of benzene rings is 2. The fraction of sp³-hybridized carbons (Fsp3) is 0.393. The maximum Gasteiger partial charge on any atom is 0.236 e. The molecule has 0 aromatic heterocycles. The zero-order valence-electron chi connectivity index (χ0n) is 20.2. The van der Waals surface area contributed by atoms with Gasteiger partial charge in [0, 0.05) is 32.2 Å². The number of hydrogen-bond donors (Lipinski definition) is 0. The van der Waals surface area contributed by atoms with E-state index in [4.69, 9.17) is 0 Å². The highest BCUT2D eigenvalue weighted by Gasteiger charge is 2.29. The van der Waals surface area contributed by atoms with E-state index in [0.29, 0.717) is 19.6 Å². The lowest BCUT2D eigenvalue weighted by Gasteiger charge is -2.40. The molecule has 1 unspecified atom stereocenters. The molecule has 176 valence electrons. The van der Waals surface area contributed by atoms with Crippen molar-refractivity contribution in [2.75, 3.05) is 39.8 Å². The van der Waals surface area contributed by atoms with Crippen molar-refractivity contribution in [2.24, 2.45) is 0 Å². The van der Waals surface area contributed by atoms with Gasteiger partial charge in [-0.1, -0.05) is 60.7 Å². The van der Waals surface area contributed by atoms with Gasteiger partial charge >= 0.3 is 0 Å². The van der Waals surface area contributed by atoms with Gasteiger partial charge in [0.1, 0.15) is 5.82 Å². The summed E-state index contributed by atoms with van der Waals surface area (Å²) in [6.07, 6.45) is 6.27. The number of piperazine rings is 1. The Kier molecular flexibility index (Phi) is 8.98. The van der Waals surface area contributed by atoms with Gasteiger partial charge in [0.2, 0.25) is 5.91 Å². The highest BCUT2D eigenvalue weighted by molar-refractivity contribution is 5.78. The maximum atomic E-state index is 13.5. The lowest BCUT2D eigenvalue weighted by atomic mass is 9.95. The largest absolute Gasteiger partial charge is 0.339 e. The van der Waals surface area contributed by atoms with Crippen LogP contribution in [0.5, 0.6) is 0 Å². The van der Waals surface area contributed by atoms with Gasteiger partial charge in [0.25, 0.3) is 0 Å². The molecular formula is C28H36FN3O. The number of allylic oxidation sites excluding steroid dienone is 2. The first-order valence-electron chi connectivity index (χ1n) is 11.8.